The van der Waals surface area contributed by atoms with Crippen LogP contribution in [-0.2, 0) is 11.3 Å². The number of hydrogen-bond acceptors (Lipinski definition) is 4. The summed E-state index contributed by atoms with van der Waals surface area (Å²) in [4.78, 5) is 14.4. The summed E-state index contributed by atoms with van der Waals surface area (Å²) in [6, 6.07) is 5.47. The minimum atomic E-state index is -0.0609. The zero-order valence-corrected chi connectivity index (χ0v) is 13.9. The number of hydrogen-bond donors (Lipinski definition) is 0. The van der Waals surface area contributed by atoms with Crippen molar-refractivity contribution in [2.45, 2.75) is 19.6 Å². The van der Waals surface area contributed by atoms with Crippen molar-refractivity contribution >= 4 is 27.5 Å². The van der Waals surface area contributed by atoms with Crippen LogP contribution in [0.4, 0.5) is 5.69 Å². The Morgan fingerprint density at radius 3 is 3.05 bits per heavy atom. The number of aromatic nitrogens is 2. The van der Waals surface area contributed by atoms with E-state index in [0.29, 0.717) is 18.0 Å². The number of carbonyl (C=O) groups is 1. The number of halogens is 1. The van der Waals surface area contributed by atoms with Gasteiger partial charge >= 0.3 is 0 Å². The lowest BCUT2D eigenvalue weighted by molar-refractivity contribution is -0.119. The van der Waals surface area contributed by atoms with Crippen molar-refractivity contribution in [2.75, 3.05) is 18.6 Å². The van der Waals surface area contributed by atoms with Gasteiger partial charge in [0.25, 0.3) is 0 Å². The monoisotopic (exact) mass is 365 g/mol. The van der Waals surface area contributed by atoms with E-state index in [2.05, 4.69) is 21.0 Å². The fraction of sp³-hybridized carbons (Fsp3) is 0.333. The summed E-state index contributed by atoms with van der Waals surface area (Å²) in [7, 11) is 1.60. The van der Waals surface area contributed by atoms with Crippen molar-refractivity contribution < 1.29 is 14.3 Å². The second kappa shape index (κ2) is 6.00. The Morgan fingerprint density at radius 1 is 1.55 bits per heavy atom. The molecule has 3 rings (SSSR count). The summed E-state index contributed by atoms with van der Waals surface area (Å²) >= 11 is 3.33. The van der Waals surface area contributed by atoms with Crippen molar-refractivity contribution in [3.8, 4) is 11.5 Å². The summed E-state index contributed by atoms with van der Waals surface area (Å²) < 4.78 is 13.5. The number of carbonyl (C=O) groups excluding carboxylic acids is 1. The fourth-order valence-corrected chi connectivity index (χ4v) is 2.76. The number of ether oxygens (including phenoxy) is 2. The third kappa shape index (κ3) is 2.94. The summed E-state index contributed by atoms with van der Waals surface area (Å²) in [6.45, 7) is 2.62. The minimum Gasteiger partial charge on any atom is -0.497 e. The molecule has 0 N–H and O–H groups in total. The molecular formula is C15H16BrN3O3. The molecule has 6 nitrogen and oxygen atoms in total. The molecule has 1 aromatic heterocycles. The summed E-state index contributed by atoms with van der Waals surface area (Å²) in [6.07, 6.45) is 3.37. The van der Waals surface area contributed by atoms with Gasteiger partial charge in [-0.2, -0.15) is 5.10 Å². The number of anilines is 1. The van der Waals surface area contributed by atoms with Crippen LogP contribution in [0.15, 0.2) is 35.1 Å². The Morgan fingerprint density at radius 2 is 2.36 bits per heavy atom. The SMILES string of the molecule is COc1ccc2c(c1)N(C(=O)Cn1cc(Br)cn1)CC(C)O2. The fourth-order valence-electron chi connectivity index (χ4n) is 2.43. The number of amides is 1. The quantitative estimate of drug-likeness (QED) is 0.838. The topological polar surface area (TPSA) is 56.6 Å². The van der Waals surface area contributed by atoms with Crippen molar-refractivity contribution in [2.24, 2.45) is 0 Å². The second-order valence-corrected chi connectivity index (χ2v) is 6.04. The van der Waals surface area contributed by atoms with E-state index in [0.717, 1.165) is 10.2 Å². The Bertz CT molecular complexity index is 701. The van der Waals surface area contributed by atoms with E-state index in [1.54, 1.807) is 29.1 Å². The predicted molar refractivity (Wildman–Crippen MR) is 85.4 cm³/mol. The van der Waals surface area contributed by atoms with Gasteiger partial charge in [0.05, 0.1) is 30.0 Å². The van der Waals surface area contributed by atoms with Gasteiger partial charge < -0.3 is 14.4 Å². The van der Waals surface area contributed by atoms with Crippen LogP contribution in [-0.4, -0.2) is 35.4 Å². The van der Waals surface area contributed by atoms with Crippen LogP contribution < -0.4 is 14.4 Å². The van der Waals surface area contributed by atoms with Gasteiger partial charge in [0, 0.05) is 12.3 Å². The standard InChI is InChI=1S/C15H16BrN3O3/c1-10-7-19(15(20)9-18-8-11(16)6-17-18)13-5-12(21-2)3-4-14(13)22-10/h3-6,8,10H,7,9H2,1-2H3. The first kappa shape index (κ1) is 14.9. The molecular weight excluding hydrogens is 350 g/mol. The molecule has 0 fully saturated rings. The molecule has 7 heteroatoms. The Labute approximate surface area is 136 Å². The van der Waals surface area contributed by atoms with E-state index in [4.69, 9.17) is 9.47 Å². The van der Waals surface area contributed by atoms with Crippen LogP contribution in [0.5, 0.6) is 11.5 Å². The van der Waals surface area contributed by atoms with Crippen molar-refractivity contribution in [3.05, 3.63) is 35.1 Å². The average Bonchev–Trinajstić information content (AvgIpc) is 2.91. The Kier molecular flexibility index (Phi) is 4.06. The minimum absolute atomic E-state index is 0.0414. The van der Waals surface area contributed by atoms with Crippen LogP contribution in [0, 0.1) is 0 Å². The third-order valence-electron chi connectivity index (χ3n) is 3.42. The van der Waals surface area contributed by atoms with E-state index in [1.165, 1.54) is 0 Å². The predicted octanol–water partition coefficient (Wildman–Crippen LogP) is 2.47. The largest absolute Gasteiger partial charge is 0.497 e. The lowest BCUT2D eigenvalue weighted by atomic mass is 10.2. The second-order valence-electron chi connectivity index (χ2n) is 5.12. The van der Waals surface area contributed by atoms with Gasteiger partial charge in [-0.05, 0) is 35.0 Å². The normalized spacial score (nSPS) is 16.9. The highest BCUT2D eigenvalue weighted by molar-refractivity contribution is 9.10. The summed E-state index contributed by atoms with van der Waals surface area (Å²) in [5, 5.41) is 4.13. The number of rotatable bonds is 3. The van der Waals surface area contributed by atoms with Gasteiger partial charge in [-0.3, -0.25) is 9.48 Å². The van der Waals surface area contributed by atoms with Gasteiger partial charge in [-0.1, -0.05) is 0 Å². The highest BCUT2D eigenvalue weighted by Crippen LogP contribution is 2.36. The molecule has 0 aliphatic carbocycles. The first-order chi connectivity index (χ1) is 10.6. The maximum absolute atomic E-state index is 12.6. The number of nitrogens with zero attached hydrogens (tertiary/aromatic N) is 3. The zero-order chi connectivity index (χ0) is 15.7. The van der Waals surface area contributed by atoms with Crippen LogP contribution >= 0.6 is 15.9 Å². The van der Waals surface area contributed by atoms with E-state index in [-0.39, 0.29) is 18.6 Å². The average molecular weight is 366 g/mol. The molecule has 0 saturated heterocycles. The van der Waals surface area contributed by atoms with Gasteiger partial charge in [0.2, 0.25) is 5.91 Å². The molecule has 2 heterocycles. The molecule has 1 aliphatic rings. The van der Waals surface area contributed by atoms with Gasteiger partial charge in [0.1, 0.15) is 24.1 Å². The van der Waals surface area contributed by atoms with Gasteiger partial charge in [-0.15, -0.1) is 0 Å². The molecule has 1 aromatic carbocycles. The third-order valence-corrected chi connectivity index (χ3v) is 3.83. The molecule has 1 aliphatic heterocycles. The van der Waals surface area contributed by atoms with Crippen molar-refractivity contribution in [1.29, 1.82) is 0 Å². The molecule has 1 amide bonds. The van der Waals surface area contributed by atoms with Crippen LogP contribution in [0.25, 0.3) is 0 Å². The van der Waals surface area contributed by atoms with Crippen LogP contribution in [0.3, 0.4) is 0 Å². The van der Waals surface area contributed by atoms with Crippen molar-refractivity contribution in [1.82, 2.24) is 9.78 Å². The van der Waals surface area contributed by atoms with E-state index in [1.807, 2.05) is 25.1 Å². The Balaban J connectivity index is 1.88. The lowest BCUT2D eigenvalue weighted by Gasteiger charge is -2.33. The zero-order valence-electron chi connectivity index (χ0n) is 12.3. The highest BCUT2D eigenvalue weighted by atomic mass is 79.9. The molecule has 2 aromatic rings. The van der Waals surface area contributed by atoms with Gasteiger partial charge in [0.15, 0.2) is 0 Å². The molecule has 1 atom stereocenters. The summed E-state index contributed by atoms with van der Waals surface area (Å²) in [5.74, 6) is 1.34. The van der Waals surface area contributed by atoms with E-state index >= 15 is 0 Å². The number of benzene rings is 1. The lowest BCUT2D eigenvalue weighted by Crippen LogP contribution is -2.43. The molecule has 22 heavy (non-hydrogen) atoms. The van der Waals surface area contributed by atoms with Gasteiger partial charge in [-0.25, -0.2) is 0 Å². The Hall–Kier alpha value is -2.02. The molecule has 0 bridgehead atoms. The van der Waals surface area contributed by atoms with Crippen LogP contribution in [0.2, 0.25) is 0 Å². The summed E-state index contributed by atoms with van der Waals surface area (Å²) in [5.41, 5.74) is 0.730. The molecule has 0 spiro atoms. The number of methoxy groups -OCH3 is 1. The highest BCUT2D eigenvalue weighted by Gasteiger charge is 2.28. The van der Waals surface area contributed by atoms with Crippen molar-refractivity contribution in [3.63, 3.8) is 0 Å². The molecule has 0 radical (unpaired) electrons. The first-order valence-electron chi connectivity index (χ1n) is 6.90. The molecule has 1 unspecified atom stereocenters. The molecule has 116 valence electrons. The maximum Gasteiger partial charge on any atom is 0.248 e. The smallest absolute Gasteiger partial charge is 0.248 e. The molecule has 0 saturated carbocycles. The van der Waals surface area contributed by atoms with Crippen LogP contribution in [0.1, 0.15) is 6.92 Å². The maximum atomic E-state index is 12.6. The van der Waals surface area contributed by atoms with E-state index in [9.17, 15) is 4.79 Å². The van der Waals surface area contributed by atoms with E-state index < -0.39 is 0 Å². The number of fused-ring (bicyclic) bond motifs is 1. The first-order valence-corrected chi connectivity index (χ1v) is 7.69.